The Bertz CT molecular complexity index is 1230. The largest absolute Gasteiger partial charge is 0.477 e. The molecule has 0 aliphatic heterocycles. The summed E-state index contributed by atoms with van der Waals surface area (Å²) in [5, 5.41) is 2.78. The van der Waals surface area contributed by atoms with Crippen LogP contribution in [0.25, 0.3) is 10.6 Å². The molecule has 0 radical (unpaired) electrons. The van der Waals surface area contributed by atoms with Crippen molar-refractivity contribution in [2.45, 2.75) is 38.0 Å². The van der Waals surface area contributed by atoms with E-state index in [-0.39, 0.29) is 16.2 Å². The quantitative estimate of drug-likeness (QED) is 0.483. The Morgan fingerprint density at radius 1 is 1.28 bits per heavy atom. The summed E-state index contributed by atoms with van der Waals surface area (Å²) in [5.74, 6) is 0.0368. The Morgan fingerprint density at radius 2 is 2.09 bits per heavy atom. The minimum Gasteiger partial charge on any atom is -0.477 e. The first-order valence-electron chi connectivity index (χ1n) is 10.0. The van der Waals surface area contributed by atoms with Crippen LogP contribution in [-0.2, 0) is 10.0 Å². The van der Waals surface area contributed by atoms with Gasteiger partial charge in [-0.25, -0.2) is 18.4 Å². The second kappa shape index (κ2) is 9.17. The Morgan fingerprint density at radius 3 is 2.84 bits per heavy atom. The highest BCUT2D eigenvalue weighted by Gasteiger charge is 2.35. The van der Waals surface area contributed by atoms with E-state index in [0.717, 1.165) is 0 Å². The van der Waals surface area contributed by atoms with Crippen LogP contribution in [0, 0.1) is 0 Å². The lowest BCUT2D eigenvalue weighted by Crippen LogP contribution is -2.27. The molecule has 3 aromatic heterocycles. The minimum absolute atomic E-state index is 0.265. The Hall–Kier alpha value is -3.12. The summed E-state index contributed by atoms with van der Waals surface area (Å²) in [6.07, 6.45) is 7.53. The molecule has 12 heteroatoms. The van der Waals surface area contributed by atoms with Gasteiger partial charge in [-0.3, -0.25) is 19.5 Å². The van der Waals surface area contributed by atoms with Crippen LogP contribution in [0.15, 0.2) is 36.9 Å². The molecule has 4 rings (SSSR count). The summed E-state index contributed by atoms with van der Waals surface area (Å²) in [6, 6.07) is 2.75. The lowest BCUT2D eigenvalue weighted by molar-refractivity contribution is 0.0938. The number of carbonyl (C=O) groups excluding carboxylic acids is 1. The molecule has 168 valence electrons. The molecular formula is C20H22N6O4S2. The number of hydrogen-bond donors (Lipinski definition) is 2. The van der Waals surface area contributed by atoms with Gasteiger partial charge in [0, 0.05) is 12.4 Å². The molecule has 3 aromatic rings. The number of sulfonamides is 1. The molecule has 1 saturated carbocycles. The highest BCUT2D eigenvalue weighted by Crippen LogP contribution is 2.30. The third-order valence-electron chi connectivity index (χ3n) is 4.65. The molecule has 10 nitrogen and oxygen atoms in total. The molecule has 0 saturated heterocycles. The van der Waals surface area contributed by atoms with E-state index in [4.69, 9.17) is 4.74 Å². The van der Waals surface area contributed by atoms with Crippen molar-refractivity contribution in [2.75, 3.05) is 11.3 Å². The third kappa shape index (κ3) is 5.19. The number of ether oxygens (including phenoxy) is 1. The average molecular weight is 475 g/mol. The normalized spacial score (nSPS) is 14.6. The topological polar surface area (TPSA) is 136 Å². The lowest BCUT2D eigenvalue weighted by Gasteiger charge is -2.14. The molecular weight excluding hydrogens is 452 g/mol. The fourth-order valence-corrected chi connectivity index (χ4v) is 5.04. The zero-order valence-corrected chi connectivity index (χ0v) is 19.1. The predicted molar refractivity (Wildman–Crippen MR) is 120 cm³/mol. The number of thiazole rings is 1. The number of nitrogens with one attached hydrogen (secondary N) is 2. The van der Waals surface area contributed by atoms with E-state index < -0.39 is 16.1 Å². The van der Waals surface area contributed by atoms with E-state index in [1.807, 2.05) is 6.92 Å². The van der Waals surface area contributed by atoms with Gasteiger partial charge >= 0.3 is 0 Å². The molecule has 3 heterocycles. The third-order valence-corrected chi connectivity index (χ3v) is 7.54. The minimum atomic E-state index is -3.37. The van der Waals surface area contributed by atoms with Gasteiger partial charge in [-0.2, -0.15) is 0 Å². The number of rotatable bonds is 9. The smallest absolute Gasteiger partial charge is 0.280 e. The van der Waals surface area contributed by atoms with E-state index in [2.05, 4.69) is 30.0 Å². The van der Waals surface area contributed by atoms with Crippen molar-refractivity contribution in [3.63, 3.8) is 0 Å². The maximum Gasteiger partial charge on any atom is 0.280 e. The predicted octanol–water partition coefficient (Wildman–Crippen LogP) is 2.79. The fraction of sp³-hybridized carbons (Fsp3) is 0.350. The number of hydrogen-bond acceptors (Lipinski definition) is 9. The zero-order valence-electron chi connectivity index (χ0n) is 17.5. The monoisotopic (exact) mass is 474 g/mol. The first-order valence-corrected chi connectivity index (χ1v) is 12.4. The number of amides is 1. The molecule has 1 fully saturated rings. The molecule has 1 unspecified atom stereocenters. The molecule has 1 atom stereocenters. The standard InChI is InChI=1S/C20H22N6O4S2/c1-3-30-18-11-21-9-16(25-18)17-10-23-20(31-17)19(27)24-12(2)15-8-13(6-7-22-15)26-32(28,29)14-4-5-14/h6-12,14H,3-5H2,1-2H3,(H,22,26)(H,24,27). The summed E-state index contributed by atoms with van der Waals surface area (Å²) < 4.78 is 32.3. The molecule has 0 bridgehead atoms. The first-order chi connectivity index (χ1) is 15.4. The Balaban J connectivity index is 1.43. The molecule has 0 aromatic carbocycles. The van der Waals surface area contributed by atoms with E-state index >= 15 is 0 Å². The van der Waals surface area contributed by atoms with E-state index in [9.17, 15) is 13.2 Å². The summed E-state index contributed by atoms with van der Waals surface area (Å²) in [5.41, 5.74) is 1.52. The van der Waals surface area contributed by atoms with E-state index in [0.29, 0.717) is 47.3 Å². The number of aromatic nitrogens is 4. The van der Waals surface area contributed by atoms with Gasteiger partial charge in [0.1, 0.15) is 5.69 Å². The maximum atomic E-state index is 12.7. The van der Waals surface area contributed by atoms with Crippen LogP contribution in [0.3, 0.4) is 0 Å². The van der Waals surface area contributed by atoms with Gasteiger partial charge in [-0.05, 0) is 38.8 Å². The second-order valence-electron chi connectivity index (χ2n) is 7.22. The van der Waals surface area contributed by atoms with Crippen LogP contribution in [-0.4, -0.2) is 46.1 Å². The fourth-order valence-electron chi connectivity index (χ4n) is 2.89. The van der Waals surface area contributed by atoms with Crippen molar-refractivity contribution < 1.29 is 17.9 Å². The molecule has 0 spiro atoms. The molecule has 1 aliphatic rings. The SMILES string of the molecule is CCOc1cncc(-c2cnc(C(=O)NC(C)c3cc(NS(=O)(=O)C4CC4)ccn3)s2)n1. The summed E-state index contributed by atoms with van der Waals surface area (Å²) >= 11 is 1.19. The van der Waals surface area contributed by atoms with E-state index in [1.54, 1.807) is 31.5 Å². The summed E-state index contributed by atoms with van der Waals surface area (Å²) in [6.45, 7) is 4.10. The lowest BCUT2D eigenvalue weighted by atomic mass is 10.2. The number of anilines is 1. The van der Waals surface area contributed by atoms with Crippen molar-refractivity contribution in [1.82, 2.24) is 25.3 Å². The second-order valence-corrected chi connectivity index (χ2v) is 10.2. The zero-order chi connectivity index (χ0) is 22.7. The van der Waals surface area contributed by atoms with Gasteiger partial charge < -0.3 is 10.1 Å². The van der Waals surface area contributed by atoms with Crippen LogP contribution < -0.4 is 14.8 Å². The van der Waals surface area contributed by atoms with Crippen molar-refractivity contribution in [2.24, 2.45) is 0 Å². The number of nitrogens with zero attached hydrogens (tertiary/aromatic N) is 4. The van der Waals surface area contributed by atoms with Crippen LogP contribution in [0.5, 0.6) is 5.88 Å². The number of pyridine rings is 1. The van der Waals surface area contributed by atoms with Crippen LogP contribution in [0.1, 0.15) is 48.2 Å². The van der Waals surface area contributed by atoms with Gasteiger partial charge in [0.15, 0.2) is 5.01 Å². The van der Waals surface area contributed by atoms with Crippen molar-refractivity contribution >= 4 is 33.0 Å². The maximum absolute atomic E-state index is 12.7. The van der Waals surface area contributed by atoms with Crippen LogP contribution in [0.2, 0.25) is 0 Å². The summed E-state index contributed by atoms with van der Waals surface area (Å²) in [7, 11) is -3.37. The van der Waals surface area contributed by atoms with Gasteiger partial charge in [-0.1, -0.05) is 0 Å². The van der Waals surface area contributed by atoms with Gasteiger partial charge in [0.2, 0.25) is 15.9 Å². The summed E-state index contributed by atoms with van der Waals surface area (Å²) in [4.78, 5) is 30.3. The average Bonchev–Trinajstić information content (AvgIpc) is 3.52. The van der Waals surface area contributed by atoms with Crippen LogP contribution in [0.4, 0.5) is 5.69 Å². The van der Waals surface area contributed by atoms with Gasteiger partial charge in [0.05, 0.1) is 46.6 Å². The Labute approximate surface area is 189 Å². The van der Waals surface area contributed by atoms with Gasteiger partial charge in [0.25, 0.3) is 5.91 Å². The van der Waals surface area contributed by atoms with Crippen molar-refractivity contribution in [1.29, 1.82) is 0 Å². The van der Waals surface area contributed by atoms with Crippen molar-refractivity contribution in [3.05, 3.63) is 47.6 Å². The Kier molecular flexibility index (Phi) is 6.33. The number of carbonyl (C=O) groups is 1. The van der Waals surface area contributed by atoms with Crippen molar-refractivity contribution in [3.8, 4) is 16.5 Å². The first kappa shape index (κ1) is 22.1. The molecule has 32 heavy (non-hydrogen) atoms. The molecule has 1 amide bonds. The highest BCUT2D eigenvalue weighted by atomic mass is 32.2. The van der Waals surface area contributed by atoms with Gasteiger partial charge in [-0.15, -0.1) is 11.3 Å². The molecule has 1 aliphatic carbocycles. The van der Waals surface area contributed by atoms with E-state index in [1.165, 1.54) is 23.7 Å². The highest BCUT2D eigenvalue weighted by molar-refractivity contribution is 7.93. The van der Waals surface area contributed by atoms with Crippen LogP contribution >= 0.6 is 11.3 Å². The molecule has 2 N–H and O–H groups in total.